The van der Waals surface area contributed by atoms with Gasteiger partial charge in [0.25, 0.3) is 5.69 Å². The van der Waals surface area contributed by atoms with Gasteiger partial charge in [-0.2, -0.15) is 0 Å². The van der Waals surface area contributed by atoms with E-state index in [1.165, 1.54) is 12.1 Å². The minimum atomic E-state index is -0.497. The van der Waals surface area contributed by atoms with Crippen molar-refractivity contribution in [1.29, 1.82) is 0 Å². The number of likely N-dealkylation sites (tertiary alicyclic amines) is 1. The molecule has 7 nitrogen and oxygen atoms in total. The van der Waals surface area contributed by atoms with Crippen molar-refractivity contribution in [2.45, 2.75) is 45.3 Å². The second kappa shape index (κ2) is 6.85. The standard InChI is InChI=1S/C16H22N2O5/c1-16(2,3)23-15(19)17-10-8-14(9-11-17)22-13-6-4-12(5-7-13)18(20)21/h4-7,14H,8-11H2,1-3H3. The quantitative estimate of drug-likeness (QED) is 0.629. The first kappa shape index (κ1) is 17.1. The van der Waals surface area contributed by atoms with Crippen molar-refractivity contribution in [1.82, 2.24) is 4.90 Å². The molecule has 0 aliphatic carbocycles. The lowest BCUT2D eigenvalue weighted by Gasteiger charge is -2.33. The van der Waals surface area contributed by atoms with Crippen LogP contribution in [-0.4, -0.2) is 40.7 Å². The molecule has 23 heavy (non-hydrogen) atoms. The van der Waals surface area contributed by atoms with Gasteiger partial charge in [-0.15, -0.1) is 0 Å². The third-order valence-corrected chi connectivity index (χ3v) is 3.44. The maximum Gasteiger partial charge on any atom is 0.410 e. The summed E-state index contributed by atoms with van der Waals surface area (Å²) in [6.07, 6.45) is 1.10. The molecule has 1 aromatic carbocycles. The molecule has 1 fully saturated rings. The molecule has 0 bridgehead atoms. The number of nitro benzene ring substituents is 1. The summed E-state index contributed by atoms with van der Waals surface area (Å²) < 4.78 is 11.2. The number of benzene rings is 1. The minimum Gasteiger partial charge on any atom is -0.490 e. The SMILES string of the molecule is CC(C)(C)OC(=O)N1CCC(Oc2ccc([N+](=O)[O-])cc2)CC1. The predicted octanol–water partition coefficient (Wildman–Crippen LogP) is 3.37. The summed E-state index contributed by atoms with van der Waals surface area (Å²) in [6.45, 7) is 6.68. The summed E-state index contributed by atoms with van der Waals surface area (Å²) >= 11 is 0. The molecule has 0 N–H and O–H groups in total. The van der Waals surface area contributed by atoms with Crippen LogP contribution < -0.4 is 4.74 Å². The van der Waals surface area contributed by atoms with Crippen molar-refractivity contribution < 1.29 is 19.2 Å². The van der Waals surface area contributed by atoms with Gasteiger partial charge in [0, 0.05) is 38.1 Å². The van der Waals surface area contributed by atoms with E-state index < -0.39 is 10.5 Å². The van der Waals surface area contributed by atoms with Crippen LogP contribution in [0, 0.1) is 10.1 Å². The molecule has 0 aromatic heterocycles. The molecule has 2 rings (SSSR count). The first-order valence-electron chi connectivity index (χ1n) is 7.63. The van der Waals surface area contributed by atoms with E-state index in [2.05, 4.69) is 0 Å². The molecule has 1 saturated heterocycles. The largest absolute Gasteiger partial charge is 0.490 e. The molecule has 0 unspecified atom stereocenters. The number of rotatable bonds is 3. The molecule has 126 valence electrons. The van der Waals surface area contributed by atoms with Crippen LogP contribution >= 0.6 is 0 Å². The first-order chi connectivity index (χ1) is 10.7. The van der Waals surface area contributed by atoms with Crippen LogP contribution in [0.5, 0.6) is 5.75 Å². The van der Waals surface area contributed by atoms with Crippen LogP contribution in [0.25, 0.3) is 0 Å². The summed E-state index contributed by atoms with van der Waals surface area (Å²) in [5.74, 6) is 0.603. The van der Waals surface area contributed by atoms with Crippen molar-refractivity contribution in [3.63, 3.8) is 0 Å². The van der Waals surface area contributed by atoms with Gasteiger partial charge in [-0.1, -0.05) is 0 Å². The normalized spacial score (nSPS) is 16.0. The average molecular weight is 322 g/mol. The van der Waals surface area contributed by atoms with E-state index in [9.17, 15) is 14.9 Å². The highest BCUT2D eigenvalue weighted by molar-refractivity contribution is 5.68. The van der Waals surface area contributed by atoms with Crippen LogP contribution in [0.3, 0.4) is 0 Å². The summed E-state index contributed by atoms with van der Waals surface area (Å²) in [5, 5.41) is 10.6. The minimum absolute atomic E-state index is 0.00450. The maximum absolute atomic E-state index is 12.0. The van der Waals surface area contributed by atoms with E-state index in [1.54, 1.807) is 17.0 Å². The fourth-order valence-electron chi connectivity index (χ4n) is 2.32. The van der Waals surface area contributed by atoms with Gasteiger partial charge in [0.15, 0.2) is 0 Å². The molecule has 1 aliphatic heterocycles. The maximum atomic E-state index is 12.0. The molecule has 0 spiro atoms. The summed E-state index contributed by atoms with van der Waals surface area (Å²) in [6, 6.07) is 6.03. The molecular weight excluding hydrogens is 300 g/mol. The Morgan fingerprint density at radius 3 is 2.26 bits per heavy atom. The molecule has 1 amide bonds. The Labute approximate surface area is 135 Å². The van der Waals surface area contributed by atoms with E-state index in [1.807, 2.05) is 20.8 Å². The number of hydrogen-bond donors (Lipinski definition) is 0. The number of piperidine rings is 1. The second-order valence-electron chi connectivity index (χ2n) is 6.54. The molecule has 1 aromatic rings. The average Bonchev–Trinajstić information content (AvgIpc) is 2.46. The second-order valence-corrected chi connectivity index (χ2v) is 6.54. The van der Waals surface area contributed by atoms with Gasteiger partial charge in [0.05, 0.1) is 4.92 Å². The Bertz CT molecular complexity index is 557. The van der Waals surface area contributed by atoms with Gasteiger partial charge in [-0.3, -0.25) is 10.1 Å². The van der Waals surface area contributed by atoms with Gasteiger partial charge in [-0.25, -0.2) is 4.79 Å². The topological polar surface area (TPSA) is 81.9 Å². The lowest BCUT2D eigenvalue weighted by molar-refractivity contribution is -0.384. The highest BCUT2D eigenvalue weighted by Gasteiger charge is 2.27. The Morgan fingerprint density at radius 1 is 1.22 bits per heavy atom. The molecule has 1 heterocycles. The van der Waals surface area contributed by atoms with Crippen LogP contribution in [0.2, 0.25) is 0 Å². The van der Waals surface area contributed by atoms with Gasteiger partial charge >= 0.3 is 6.09 Å². The number of carbonyl (C=O) groups is 1. The van der Waals surface area contributed by atoms with Crippen molar-refractivity contribution in [3.05, 3.63) is 34.4 Å². The number of nitrogens with zero attached hydrogens (tertiary/aromatic N) is 2. The van der Waals surface area contributed by atoms with Gasteiger partial charge in [0.1, 0.15) is 17.5 Å². The molecule has 7 heteroatoms. The van der Waals surface area contributed by atoms with E-state index in [-0.39, 0.29) is 17.9 Å². The Kier molecular flexibility index (Phi) is 5.08. The lowest BCUT2D eigenvalue weighted by Crippen LogP contribution is -2.44. The van der Waals surface area contributed by atoms with E-state index in [4.69, 9.17) is 9.47 Å². The van der Waals surface area contributed by atoms with Crippen LogP contribution in [0.4, 0.5) is 10.5 Å². The van der Waals surface area contributed by atoms with Crippen LogP contribution in [0.15, 0.2) is 24.3 Å². The monoisotopic (exact) mass is 322 g/mol. The number of amides is 1. The Morgan fingerprint density at radius 2 is 1.78 bits per heavy atom. The molecular formula is C16H22N2O5. The highest BCUT2D eigenvalue weighted by Crippen LogP contribution is 2.22. The van der Waals surface area contributed by atoms with Gasteiger partial charge < -0.3 is 14.4 Å². The predicted molar refractivity (Wildman–Crippen MR) is 84.6 cm³/mol. The van der Waals surface area contributed by atoms with Gasteiger partial charge in [-0.05, 0) is 32.9 Å². The summed E-state index contributed by atoms with van der Waals surface area (Å²) in [5.41, 5.74) is -0.458. The van der Waals surface area contributed by atoms with Crippen molar-refractivity contribution in [2.24, 2.45) is 0 Å². The number of nitro groups is 1. The number of hydrogen-bond acceptors (Lipinski definition) is 5. The Hall–Kier alpha value is -2.31. The highest BCUT2D eigenvalue weighted by atomic mass is 16.6. The van der Waals surface area contributed by atoms with Crippen molar-refractivity contribution in [3.8, 4) is 5.75 Å². The molecule has 0 atom stereocenters. The third-order valence-electron chi connectivity index (χ3n) is 3.44. The number of non-ortho nitro benzene ring substituents is 1. The number of carbonyl (C=O) groups excluding carboxylic acids is 1. The fraction of sp³-hybridized carbons (Fsp3) is 0.562. The zero-order valence-corrected chi connectivity index (χ0v) is 13.7. The van der Waals surface area contributed by atoms with E-state index in [0.29, 0.717) is 31.7 Å². The van der Waals surface area contributed by atoms with E-state index >= 15 is 0 Å². The zero-order chi connectivity index (χ0) is 17.0. The summed E-state index contributed by atoms with van der Waals surface area (Å²) in [4.78, 5) is 23.8. The number of ether oxygens (including phenoxy) is 2. The van der Waals surface area contributed by atoms with Crippen molar-refractivity contribution in [2.75, 3.05) is 13.1 Å². The fourth-order valence-corrected chi connectivity index (χ4v) is 2.32. The Balaban J connectivity index is 1.82. The van der Waals surface area contributed by atoms with E-state index in [0.717, 1.165) is 0 Å². The van der Waals surface area contributed by atoms with Crippen LogP contribution in [-0.2, 0) is 4.74 Å². The lowest BCUT2D eigenvalue weighted by atomic mass is 10.1. The summed E-state index contributed by atoms with van der Waals surface area (Å²) in [7, 11) is 0. The zero-order valence-electron chi connectivity index (χ0n) is 13.7. The smallest absolute Gasteiger partial charge is 0.410 e. The molecule has 0 saturated carbocycles. The van der Waals surface area contributed by atoms with Crippen molar-refractivity contribution >= 4 is 11.8 Å². The molecule has 1 aliphatic rings. The van der Waals surface area contributed by atoms with Crippen LogP contribution in [0.1, 0.15) is 33.6 Å². The van der Waals surface area contributed by atoms with Gasteiger partial charge in [0.2, 0.25) is 0 Å². The third kappa shape index (κ3) is 5.12. The first-order valence-corrected chi connectivity index (χ1v) is 7.63. The molecule has 0 radical (unpaired) electrons.